The highest BCUT2D eigenvalue weighted by molar-refractivity contribution is 6.15. The summed E-state index contributed by atoms with van der Waals surface area (Å²) in [5.74, 6) is -79.1. The molecule has 17 rings (SSSR count). The number of fused-ring (bicyclic) bond motifs is 13. The van der Waals surface area contributed by atoms with Crippen molar-refractivity contribution in [1.29, 1.82) is 0 Å². The number of carbonyl (C=O) groups is 10. The van der Waals surface area contributed by atoms with E-state index < -0.39 is 423 Å². The highest BCUT2D eigenvalue weighted by Gasteiger charge is 2.60. The SMILES string of the molecule is O=C(O[C@H]1COC(=O)c2cc(O)c(O)c(O)c2-c2c(cc(O)c(O)c2O)C(=O)O[C@H]1[C@@H]1OC(=O)c2cc(O)c(O)c(O)c2-c2c(O)c(O)c(O)c3c2C(=O)O[C@@H]1[C@H]3c1c(O)c(O)c(O)c2c1C(=O)OC[C@H](OC(=O)c1cc(O)c(O)c(O)c1)[C@H]([C@@H]1OC(=O)c3cc(O)c(O)c(O)c3-c3c(O)c(O)c(O)c4c3C(=O)O[C@@H]1[C@@H]4O)OC(=O)c1cc(O)c(O)c(O)c1-2)c1cc(O)c(O)c(O)c1. The molecule has 0 amide bonds. The van der Waals surface area contributed by atoms with Crippen molar-refractivity contribution in [1.82, 2.24) is 0 Å². The topological polar surface area (TPSA) is 890 Å². The molecule has 31 N–H and O–H groups in total. The number of aliphatic hydroxyl groups is 1. The van der Waals surface area contributed by atoms with Crippen LogP contribution in [-0.2, 0) is 47.4 Å². The van der Waals surface area contributed by atoms with Crippen molar-refractivity contribution in [3.8, 4) is 217 Å². The molecule has 0 saturated heterocycles. The molecule has 0 aliphatic carbocycles. The zero-order chi connectivity index (χ0) is 96.8. The van der Waals surface area contributed by atoms with Crippen molar-refractivity contribution in [2.24, 2.45) is 0 Å². The number of aliphatic hydroxyl groups excluding tert-OH is 1. The summed E-state index contributed by atoms with van der Waals surface area (Å²) in [6.45, 7) is -4.21. The van der Waals surface area contributed by atoms with Crippen LogP contribution in [0.25, 0.3) is 44.5 Å². The molecule has 0 unspecified atom stereocenters. The molecule has 51 nitrogen and oxygen atoms in total. The first-order valence-electron chi connectivity index (χ1n) is 37.1. The Morgan fingerprint density at radius 2 is 0.459 bits per heavy atom. The fourth-order valence-electron chi connectivity index (χ4n) is 16.2. The van der Waals surface area contributed by atoms with Gasteiger partial charge in [-0.1, -0.05) is 0 Å². The highest BCUT2D eigenvalue weighted by atomic mass is 16.7. The molecule has 10 aromatic carbocycles. The zero-order valence-corrected chi connectivity index (χ0v) is 64.9. The summed E-state index contributed by atoms with van der Waals surface area (Å²) < 4.78 is 58.1. The number of esters is 10. The normalized spacial score (nSPS) is 20.1. The van der Waals surface area contributed by atoms with E-state index in [4.69, 9.17) is 47.4 Å². The molecule has 7 aliphatic heterocycles. The van der Waals surface area contributed by atoms with Gasteiger partial charge >= 0.3 is 59.7 Å². The van der Waals surface area contributed by atoms with E-state index in [1.54, 1.807) is 0 Å². The zero-order valence-electron chi connectivity index (χ0n) is 64.9. The van der Waals surface area contributed by atoms with Gasteiger partial charge in [-0.25, -0.2) is 47.9 Å². The fraction of sp³-hybridized carbons (Fsp3) is 0.146. The van der Waals surface area contributed by atoms with Crippen LogP contribution in [0.1, 0.15) is 132 Å². The van der Waals surface area contributed by atoms with Gasteiger partial charge < -0.3 is 206 Å². The number of phenols is 30. The van der Waals surface area contributed by atoms with Gasteiger partial charge in [-0.15, -0.1) is 0 Å². The van der Waals surface area contributed by atoms with Gasteiger partial charge in [-0.2, -0.15) is 0 Å². The molecular weight excluding hydrogens is 1800 g/mol. The average Bonchev–Trinajstić information content (AvgIpc) is 1.04. The van der Waals surface area contributed by atoms with Crippen molar-refractivity contribution >= 4 is 59.7 Å². The molecule has 0 spiro atoms. The molecule has 133 heavy (non-hydrogen) atoms. The van der Waals surface area contributed by atoms with Crippen LogP contribution in [0.3, 0.4) is 0 Å². The number of phenolic OH excluding ortho intramolecular Hbond substituents is 30. The van der Waals surface area contributed by atoms with Crippen LogP contribution in [-0.4, -0.2) is 280 Å². The van der Waals surface area contributed by atoms with Crippen LogP contribution < -0.4 is 0 Å². The van der Waals surface area contributed by atoms with Crippen LogP contribution in [0.2, 0.25) is 0 Å². The van der Waals surface area contributed by atoms with Gasteiger partial charge in [0.15, 0.2) is 175 Å². The number of hydrogen-bond donors (Lipinski definition) is 31. The smallest absolute Gasteiger partial charge is 0.339 e. The van der Waals surface area contributed by atoms with Gasteiger partial charge in [-0.3, -0.25) is 0 Å². The van der Waals surface area contributed by atoms with E-state index in [9.17, 15) is 177 Å². The van der Waals surface area contributed by atoms with E-state index in [1.165, 1.54) is 0 Å². The van der Waals surface area contributed by atoms with E-state index in [2.05, 4.69) is 0 Å². The van der Waals surface area contributed by atoms with Gasteiger partial charge in [-0.05, 0) is 54.6 Å². The minimum Gasteiger partial charge on any atom is -0.504 e. The average molecular weight is 1860 g/mol. The van der Waals surface area contributed by atoms with E-state index in [1.807, 2.05) is 0 Å². The van der Waals surface area contributed by atoms with E-state index in [-0.39, 0.29) is 42.5 Å². The standard InChI is InChI=1S/C82H54O51/c83-19-1-12(2-20(84)45(19)92)73(114)126-28-10-124-75(116)14-5-23(87)47(94)52(99)30(14)31-15(6-24(88)48(95)53(31)100)76(117)128-67(28)71-69-40(39-42(81(122)130-69)36(58(105)65(112)61(39)108)33-17(78(119)132-71)8-26(90)50(97)55(33)102)38-41-35(57(104)64(111)60(38)107)32-16(7-25(89)49(96)54(32)101)77(118)129-68(29(11-125-80(41)121)127-74(115)13-3-21(85)46(93)22(86)4-13)72-70-63(110)44-43(82(123)131-70)37(59(106)66(113)62(44)109)34-18(79(120)133-72)9-27(91)51(98)56(34)103/h1-9,28-29,40,63,67-72,83-113H,10-11H2/t28-,29-,40-,63+,67+,68+,69+,70+,71-,72-/m0/s1. The third kappa shape index (κ3) is 13.0. The maximum Gasteiger partial charge on any atom is 0.339 e. The highest BCUT2D eigenvalue weighted by Crippen LogP contribution is 2.66. The first-order chi connectivity index (χ1) is 62.5. The molecule has 10 atom stereocenters. The number of ether oxygens (including phenoxy) is 10. The number of aromatic hydroxyl groups is 30. The third-order valence-corrected chi connectivity index (χ3v) is 22.3. The lowest BCUT2D eigenvalue weighted by Crippen LogP contribution is -2.56. The second-order valence-electron chi connectivity index (χ2n) is 29.7. The Hall–Kier alpha value is -19.1. The van der Waals surface area contributed by atoms with Gasteiger partial charge in [0.25, 0.3) is 0 Å². The Labute approximate surface area is 728 Å². The lowest BCUT2D eigenvalue weighted by Gasteiger charge is -2.43. The summed E-state index contributed by atoms with van der Waals surface area (Å²) in [7, 11) is 0. The Kier molecular flexibility index (Phi) is 20.1. The summed E-state index contributed by atoms with van der Waals surface area (Å²) in [5, 5.41) is 358. The summed E-state index contributed by atoms with van der Waals surface area (Å²) in [6, 6.07) is 1.68. The number of carbonyl (C=O) groups excluding carboxylic acids is 10. The van der Waals surface area contributed by atoms with Crippen molar-refractivity contribution in [3.63, 3.8) is 0 Å². The van der Waals surface area contributed by atoms with Crippen molar-refractivity contribution < 1.29 is 254 Å². The van der Waals surface area contributed by atoms with Crippen molar-refractivity contribution in [2.75, 3.05) is 13.2 Å². The van der Waals surface area contributed by atoms with Gasteiger partial charge in [0.2, 0.25) is 46.0 Å². The largest absolute Gasteiger partial charge is 0.504 e. The minimum absolute atomic E-state index is 0.0511. The van der Waals surface area contributed by atoms with Gasteiger partial charge in [0.1, 0.15) is 19.3 Å². The van der Waals surface area contributed by atoms with Crippen molar-refractivity contribution in [3.05, 3.63) is 127 Å². The molecule has 0 fully saturated rings. The molecular formula is C82H54O51. The van der Waals surface area contributed by atoms with Gasteiger partial charge in [0.05, 0.1) is 61.6 Å². The Balaban J connectivity index is 1.00. The first kappa shape index (κ1) is 87.3. The molecule has 0 saturated carbocycles. The summed E-state index contributed by atoms with van der Waals surface area (Å²) >= 11 is 0. The van der Waals surface area contributed by atoms with Crippen LogP contribution in [0.4, 0.5) is 0 Å². The molecule has 51 heteroatoms. The molecule has 688 valence electrons. The summed E-state index contributed by atoms with van der Waals surface area (Å²) in [4.78, 5) is 156. The van der Waals surface area contributed by atoms with Crippen LogP contribution in [0, 0.1) is 0 Å². The van der Waals surface area contributed by atoms with Crippen LogP contribution >= 0.6 is 0 Å². The van der Waals surface area contributed by atoms with Crippen molar-refractivity contribution in [2.45, 2.75) is 60.9 Å². The molecule has 7 heterocycles. The Bertz CT molecular complexity index is 6990. The maximum absolute atomic E-state index is 16.8. The number of rotatable bonds is 7. The lowest BCUT2D eigenvalue weighted by atomic mass is 9.72. The quantitative estimate of drug-likeness (QED) is 0.0619. The van der Waals surface area contributed by atoms with E-state index in [0.717, 1.165) is 0 Å². The van der Waals surface area contributed by atoms with Crippen LogP contribution in [0.15, 0.2) is 54.6 Å². The predicted octanol–water partition coefficient (Wildman–Crippen LogP) is 3.09. The third-order valence-electron chi connectivity index (χ3n) is 22.3. The van der Waals surface area contributed by atoms with Crippen LogP contribution in [0.5, 0.6) is 172 Å². The molecule has 0 radical (unpaired) electrons. The summed E-state index contributed by atoms with van der Waals surface area (Å²) in [5.41, 5.74) is -33.5. The van der Waals surface area contributed by atoms with Gasteiger partial charge in [0, 0.05) is 61.2 Å². The minimum atomic E-state index is -3.65. The monoisotopic (exact) mass is 1850 g/mol. The first-order valence-corrected chi connectivity index (χ1v) is 37.1. The molecule has 10 aromatic rings. The number of hydrogen-bond acceptors (Lipinski definition) is 51. The fourth-order valence-corrected chi connectivity index (χ4v) is 16.2. The Morgan fingerprint density at radius 3 is 0.782 bits per heavy atom. The summed E-state index contributed by atoms with van der Waals surface area (Å²) in [6.07, 6.45) is -30.0. The number of benzene rings is 10. The lowest BCUT2D eigenvalue weighted by molar-refractivity contribution is -0.154. The second-order valence-corrected chi connectivity index (χ2v) is 29.7. The molecule has 7 aliphatic rings. The predicted molar refractivity (Wildman–Crippen MR) is 411 cm³/mol. The van der Waals surface area contributed by atoms with E-state index >= 15 is 28.8 Å². The number of cyclic esters (lactones) is 5. The van der Waals surface area contributed by atoms with E-state index in [0.29, 0.717) is 12.1 Å². The maximum atomic E-state index is 16.8. The second kappa shape index (κ2) is 30.6. The Morgan fingerprint density at radius 1 is 0.226 bits per heavy atom. The molecule has 6 bridgehead atoms. The molecule has 0 aromatic heterocycles.